The number of carbonyl (C=O) groups is 1. The molecule has 1 aliphatic carbocycles. The quantitative estimate of drug-likeness (QED) is 0.248. The van der Waals surface area contributed by atoms with Gasteiger partial charge < -0.3 is 15.0 Å². The molecule has 1 saturated carbocycles. The van der Waals surface area contributed by atoms with E-state index in [1.807, 2.05) is 36.4 Å². The SMILES string of the molecule is NSc1ccc(OCC2CCCCC2)cc1.O=C(CC(F)(F)c1ccc(-c2ccc(Cl)cc2)cc1)N1CC[C@@H]2CNC[C@@H]21. The zero-order chi connectivity index (χ0) is 30.2. The summed E-state index contributed by atoms with van der Waals surface area (Å²) in [5.41, 5.74) is 1.60. The van der Waals surface area contributed by atoms with E-state index in [0.29, 0.717) is 24.0 Å². The normalized spacial score (nSPS) is 20.3. The second-order valence-corrected chi connectivity index (χ2v) is 12.9. The lowest BCUT2D eigenvalue weighted by molar-refractivity contribution is -0.140. The molecule has 2 heterocycles. The summed E-state index contributed by atoms with van der Waals surface area (Å²) in [6.45, 7) is 3.03. The number of likely N-dealkylation sites (tertiary alicyclic amines) is 1. The standard InChI is InChI=1S/C21H21ClF2N2O.C13H19NOS/c22-18-7-3-15(4-8-18)14-1-5-17(6-2-14)21(23,24)11-20(27)26-10-9-16-12-25-13-19(16)26;14-16-13-8-6-12(7-9-13)15-10-11-4-2-1-3-5-11/h1-8,16,19,25H,9-13H2;6-9,11H,1-5,10,14H2/t16-,19+;/m1./s1. The largest absolute Gasteiger partial charge is 0.493 e. The maximum atomic E-state index is 14.7. The van der Waals surface area contributed by atoms with Crippen LogP contribution < -0.4 is 15.2 Å². The maximum Gasteiger partial charge on any atom is 0.281 e. The molecule has 3 N–H and O–H groups in total. The fraction of sp³-hybridized carbons (Fsp3) is 0.441. The number of amides is 1. The highest BCUT2D eigenvalue weighted by Gasteiger charge is 2.43. The van der Waals surface area contributed by atoms with Crippen molar-refractivity contribution in [3.63, 3.8) is 0 Å². The van der Waals surface area contributed by atoms with Gasteiger partial charge in [0, 0.05) is 41.2 Å². The minimum absolute atomic E-state index is 0.0700. The van der Waals surface area contributed by atoms with Crippen LogP contribution in [0.5, 0.6) is 5.75 Å². The van der Waals surface area contributed by atoms with Gasteiger partial charge in [-0.15, -0.1) is 0 Å². The predicted molar refractivity (Wildman–Crippen MR) is 170 cm³/mol. The molecule has 43 heavy (non-hydrogen) atoms. The Bertz CT molecular complexity index is 1320. The first kappa shape index (κ1) is 31.8. The van der Waals surface area contributed by atoms with Crippen molar-refractivity contribution >= 4 is 29.5 Å². The van der Waals surface area contributed by atoms with Crippen molar-refractivity contribution in [1.29, 1.82) is 0 Å². The number of alkyl halides is 2. The molecule has 0 bridgehead atoms. The van der Waals surface area contributed by atoms with Crippen molar-refractivity contribution in [3.8, 4) is 16.9 Å². The van der Waals surface area contributed by atoms with Crippen LogP contribution in [0.15, 0.2) is 77.7 Å². The molecule has 230 valence electrons. The third kappa shape index (κ3) is 8.50. The molecule has 0 aromatic heterocycles. The van der Waals surface area contributed by atoms with Gasteiger partial charge in [-0.2, -0.15) is 0 Å². The summed E-state index contributed by atoms with van der Waals surface area (Å²) in [5, 5.41) is 9.33. The van der Waals surface area contributed by atoms with E-state index in [-0.39, 0.29) is 11.6 Å². The van der Waals surface area contributed by atoms with Gasteiger partial charge in [0.1, 0.15) is 5.75 Å². The van der Waals surface area contributed by atoms with Gasteiger partial charge in [-0.3, -0.25) is 9.93 Å². The number of rotatable bonds is 8. The molecule has 3 aromatic carbocycles. The van der Waals surface area contributed by atoms with Gasteiger partial charge in [0.2, 0.25) is 5.91 Å². The van der Waals surface area contributed by atoms with E-state index >= 15 is 0 Å². The highest BCUT2D eigenvalue weighted by Crippen LogP contribution is 2.36. The summed E-state index contributed by atoms with van der Waals surface area (Å²) < 4.78 is 35.2. The molecule has 9 heteroatoms. The van der Waals surface area contributed by atoms with Crippen molar-refractivity contribution in [3.05, 3.63) is 83.4 Å². The van der Waals surface area contributed by atoms with E-state index < -0.39 is 18.3 Å². The van der Waals surface area contributed by atoms with E-state index in [1.165, 1.54) is 56.2 Å². The van der Waals surface area contributed by atoms with Crippen LogP contribution in [0, 0.1) is 11.8 Å². The third-order valence-corrected chi connectivity index (χ3v) is 9.59. The molecular weight excluding hydrogens is 588 g/mol. The Morgan fingerprint density at radius 2 is 1.58 bits per heavy atom. The predicted octanol–water partition coefficient (Wildman–Crippen LogP) is 7.92. The molecule has 2 aliphatic heterocycles. The van der Waals surface area contributed by atoms with Crippen LogP contribution in [-0.4, -0.2) is 43.1 Å². The van der Waals surface area contributed by atoms with Crippen LogP contribution in [0.1, 0.15) is 50.5 Å². The minimum atomic E-state index is -3.18. The van der Waals surface area contributed by atoms with Crippen molar-refractivity contribution in [2.75, 3.05) is 26.2 Å². The second kappa shape index (κ2) is 14.9. The van der Waals surface area contributed by atoms with Gasteiger partial charge >= 0.3 is 0 Å². The lowest BCUT2D eigenvalue weighted by Gasteiger charge is -2.26. The van der Waals surface area contributed by atoms with Gasteiger partial charge in [-0.25, -0.2) is 8.78 Å². The molecule has 3 aliphatic rings. The van der Waals surface area contributed by atoms with E-state index in [1.54, 1.807) is 29.2 Å². The van der Waals surface area contributed by atoms with Crippen molar-refractivity contribution < 1.29 is 18.3 Å². The molecule has 5 nitrogen and oxygen atoms in total. The molecule has 2 saturated heterocycles. The van der Waals surface area contributed by atoms with Gasteiger partial charge in [0.05, 0.1) is 13.0 Å². The lowest BCUT2D eigenvalue weighted by atomic mass is 9.90. The summed E-state index contributed by atoms with van der Waals surface area (Å²) in [6, 6.07) is 21.4. The molecule has 1 amide bonds. The zero-order valence-electron chi connectivity index (χ0n) is 24.3. The van der Waals surface area contributed by atoms with Crippen LogP contribution in [0.3, 0.4) is 0 Å². The Balaban J connectivity index is 0.000000196. The molecule has 3 aromatic rings. The van der Waals surface area contributed by atoms with E-state index in [2.05, 4.69) is 5.32 Å². The van der Waals surface area contributed by atoms with Gasteiger partial charge in [0.15, 0.2) is 0 Å². The van der Waals surface area contributed by atoms with Crippen molar-refractivity contribution in [2.24, 2.45) is 17.0 Å². The number of fused-ring (bicyclic) bond motifs is 1. The first-order valence-electron chi connectivity index (χ1n) is 15.2. The summed E-state index contributed by atoms with van der Waals surface area (Å²) >= 11 is 7.15. The Morgan fingerprint density at radius 3 is 2.23 bits per heavy atom. The first-order chi connectivity index (χ1) is 20.8. The average molecular weight is 628 g/mol. The number of carbonyl (C=O) groups excluding carboxylic acids is 1. The molecule has 0 radical (unpaired) electrons. The highest BCUT2D eigenvalue weighted by atomic mass is 35.5. The summed E-state index contributed by atoms with van der Waals surface area (Å²) in [6.07, 6.45) is 6.92. The number of nitrogens with two attached hydrogens (primary N) is 1. The molecule has 0 unspecified atom stereocenters. The fourth-order valence-electron chi connectivity index (χ4n) is 6.28. The zero-order valence-corrected chi connectivity index (χ0v) is 25.9. The maximum absolute atomic E-state index is 14.7. The van der Waals surface area contributed by atoms with Gasteiger partial charge in [-0.05, 0) is 90.6 Å². The lowest BCUT2D eigenvalue weighted by Crippen LogP contribution is -2.41. The van der Waals surface area contributed by atoms with E-state index in [0.717, 1.165) is 47.3 Å². The van der Waals surface area contributed by atoms with E-state index in [9.17, 15) is 13.6 Å². The smallest absolute Gasteiger partial charge is 0.281 e. The first-order valence-corrected chi connectivity index (χ1v) is 16.4. The van der Waals surface area contributed by atoms with Crippen molar-refractivity contribution in [1.82, 2.24) is 10.2 Å². The molecule has 6 rings (SSSR count). The fourth-order valence-corrected chi connectivity index (χ4v) is 6.70. The Labute approximate surface area is 262 Å². The second-order valence-electron chi connectivity index (χ2n) is 11.7. The van der Waals surface area contributed by atoms with Crippen LogP contribution in [-0.2, 0) is 10.7 Å². The Morgan fingerprint density at radius 1 is 0.930 bits per heavy atom. The summed E-state index contributed by atoms with van der Waals surface area (Å²) in [7, 11) is 0. The van der Waals surface area contributed by atoms with Crippen LogP contribution in [0.4, 0.5) is 8.78 Å². The summed E-state index contributed by atoms with van der Waals surface area (Å²) in [5.74, 6) is -1.51. The highest BCUT2D eigenvalue weighted by molar-refractivity contribution is 7.97. The number of nitrogens with zero attached hydrogens (tertiary/aromatic N) is 1. The molecular formula is C34H40ClF2N3O2S. The third-order valence-electron chi connectivity index (χ3n) is 8.79. The van der Waals surface area contributed by atoms with Crippen molar-refractivity contribution in [2.45, 2.75) is 61.8 Å². The van der Waals surface area contributed by atoms with Crippen LogP contribution in [0.25, 0.3) is 11.1 Å². The number of hydrogen-bond donors (Lipinski definition) is 2. The Hall–Kier alpha value is -2.65. The monoisotopic (exact) mass is 627 g/mol. The molecule has 0 spiro atoms. The summed E-state index contributed by atoms with van der Waals surface area (Å²) in [4.78, 5) is 15.2. The number of nitrogens with one attached hydrogen (secondary N) is 1. The van der Waals surface area contributed by atoms with Gasteiger partial charge in [-0.1, -0.05) is 67.3 Å². The molecule has 3 fully saturated rings. The van der Waals surface area contributed by atoms with Crippen LogP contribution >= 0.6 is 23.5 Å². The number of ether oxygens (including phenoxy) is 1. The minimum Gasteiger partial charge on any atom is -0.493 e. The number of hydrogen-bond acceptors (Lipinski definition) is 5. The average Bonchev–Trinajstić information content (AvgIpc) is 3.66. The van der Waals surface area contributed by atoms with Crippen LogP contribution in [0.2, 0.25) is 5.02 Å². The van der Waals surface area contributed by atoms with E-state index in [4.69, 9.17) is 21.5 Å². The topological polar surface area (TPSA) is 67.6 Å². The molecule has 2 atom stereocenters. The number of benzene rings is 3. The van der Waals surface area contributed by atoms with Gasteiger partial charge in [0.25, 0.3) is 5.92 Å². The Kier molecular flexibility index (Phi) is 11.0. The number of halogens is 3.